The molecule has 3 nitrogen and oxygen atoms in total. The summed E-state index contributed by atoms with van der Waals surface area (Å²) in [7, 11) is -1.93. The standard InChI is InChI=1S/C16H26BrNO2Si/c1-14(2,3)21(5,6)20-16(10-15(4,19)11-16)13-8-7-12(17)9-18-13/h7-9,19H,10-11H2,1-6H3/t15-,16-. The highest BCUT2D eigenvalue weighted by atomic mass is 79.9. The van der Waals surface area contributed by atoms with Crippen molar-refractivity contribution in [2.75, 3.05) is 0 Å². The van der Waals surface area contributed by atoms with E-state index in [-0.39, 0.29) is 5.04 Å². The van der Waals surface area contributed by atoms with E-state index in [4.69, 9.17) is 4.43 Å². The zero-order chi connectivity index (χ0) is 16.1. The lowest BCUT2D eigenvalue weighted by Crippen LogP contribution is -2.60. The van der Waals surface area contributed by atoms with Crippen LogP contribution in [0.5, 0.6) is 0 Å². The van der Waals surface area contributed by atoms with Gasteiger partial charge in [-0.1, -0.05) is 20.8 Å². The van der Waals surface area contributed by atoms with Gasteiger partial charge in [0.25, 0.3) is 0 Å². The fourth-order valence-electron chi connectivity index (χ4n) is 2.77. The normalized spacial score (nSPS) is 30.1. The van der Waals surface area contributed by atoms with E-state index in [2.05, 4.69) is 54.8 Å². The monoisotopic (exact) mass is 371 g/mol. The van der Waals surface area contributed by atoms with E-state index < -0.39 is 19.5 Å². The predicted octanol–water partition coefficient (Wildman–Crippen LogP) is 4.61. The van der Waals surface area contributed by atoms with Gasteiger partial charge >= 0.3 is 0 Å². The Morgan fingerprint density at radius 2 is 1.86 bits per heavy atom. The second-order valence-corrected chi connectivity index (χ2v) is 13.7. The van der Waals surface area contributed by atoms with Crippen LogP contribution >= 0.6 is 15.9 Å². The summed E-state index contributed by atoms with van der Waals surface area (Å²) in [4.78, 5) is 4.54. The molecule has 1 aromatic rings. The van der Waals surface area contributed by atoms with Gasteiger partial charge in [-0.2, -0.15) is 0 Å². The van der Waals surface area contributed by atoms with Gasteiger partial charge in [0.05, 0.1) is 11.3 Å². The van der Waals surface area contributed by atoms with Crippen molar-refractivity contribution in [3.63, 3.8) is 0 Å². The molecule has 0 bridgehead atoms. The van der Waals surface area contributed by atoms with E-state index in [1.54, 1.807) is 6.20 Å². The van der Waals surface area contributed by atoms with Crippen molar-refractivity contribution in [3.8, 4) is 0 Å². The summed E-state index contributed by atoms with van der Waals surface area (Å²) in [5, 5.41) is 10.4. The molecule has 1 heterocycles. The number of rotatable bonds is 3. The van der Waals surface area contributed by atoms with Crippen molar-refractivity contribution in [1.29, 1.82) is 0 Å². The molecule has 0 amide bonds. The van der Waals surface area contributed by atoms with Crippen LogP contribution in [0.2, 0.25) is 18.1 Å². The van der Waals surface area contributed by atoms with E-state index in [1.165, 1.54) is 0 Å². The molecule has 118 valence electrons. The van der Waals surface area contributed by atoms with E-state index in [0.717, 1.165) is 10.2 Å². The van der Waals surface area contributed by atoms with Crippen molar-refractivity contribution in [2.24, 2.45) is 0 Å². The second kappa shape index (κ2) is 5.15. The zero-order valence-corrected chi connectivity index (χ0v) is 16.4. The molecule has 0 unspecified atom stereocenters. The fraction of sp³-hybridized carbons (Fsp3) is 0.688. The molecule has 2 rings (SSSR count). The van der Waals surface area contributed by atoms with Gasteiger partial charge < -0.3 is 9.53 Å². The third-order valence-electron chi connectivity index (χ3n) is 4.78. The fourth-order valence-corrected chi connectivity index (χ4v) is 4.54. The number of halogens is 1. The lowest BCUT2D eigenvalue weighted by Gasteiger charge is -2.55. The average molecular weight is 372 g/mol. The smallest absolute Gasteiger partial charge is 0.193 e. The molecule has 0 saturated heterocycles. The first-order chi connectivity index (χ1) is 9.37. The molecule has 0 spiro atoms. The average Bonchev–Trinajstić information content (AvgIpc) is 2.24. The Hall–Kier alpha value is -0.233. The van der Waals surface area contributed by atoms with Crippen molar-refractivity contribution in [1.82, 2.24) is 4.98 Å². The van der Waals surface area contributed by atoms with Crippen LogP contribution in [0.4, 0.5) is 0 Å². The molecule has 1 aliphatic rings. The van der Waals surface area contributed by atoms with E-state index in [0.29, 0.717) is 12.8 Å². The van der Waals surface area contributed by atoms with Gasteiger partial charge in [-0.25, -0.2) is 0 Å². The van der Waals surface area contributed by atoms with Gasteiger partial charge in [0, 0.05) is 23.5 Å². The first-order valence-electron chi connectivity index (χ1n) is 7.42. The van der Waals surface area contributed by atoms with E-state index >= 15 is 0 Å². The summed E-state index contributed by atoms with van der Waals surface area (Å²) < 4.78 is 7.65. The largest absolute Gasteiger partial charge is 0.406 e. The predicted molar refractivity (Wildman–Crippen MR) is 91.8 cm³/mol. The number of pyridine rings is 1. The summed E-state index contributed by atoms with van der Waals surface area (Å²) in [5.41, 5.74) is -0.160. The van der Waals surface area contributed by atoms with Crippen LogP contribution < -0.4 is 0 Å². The SMILES string of the molecule is CC(C)(C)[Si](C)(C)O[C@]1(c2ccc(Br)cn2)C[C@@](C)(O)C1. The number of nitrogens with zero attached hydrogens (tertiary/aromatic N) is 1. The topological polar surface area (TPSA) is 42.4 Å². The summed E-state index contributed by atoms with van der Waals surface area (Å²) in [5.74, 6) is 0. The first kappa shape index (κ1) is 17.1. The summed E-state index contributed by atoms with van der Waals surface area (Å²) in [6.45, 7) is 13.1. The third-order valence-corrected chi connectivity index (χ3v) is 9.77. The number of aliphatic hydroxyl groups is 1. The Morgan fingerprint density at radius 1 is 1.29 bits per heavy atom. The molecule has 0 aliphatic heterocycles. The molecule has 1 saturated carbocycles. The molecule has 1 aliphatic carbocycles. The molecule has 5 heteroatoms. The molecular formula is C16H26BrNO2Si. The number of hydrogen-bond acceptors (Lipinski definition) is 3. The van der Waals surface area contributed by atoms with Crippen molar-refractivity contribution >= 4 is 24.2 Å². The van der Waals surface area contributed by atoms with Gasteiger partial charge in [0.2, 0.25) is 0 Å². The minimum atomic E-state index is -1.93. The van der Waals surface area contributed by atoms with Crippen LogP contribution in [0.3, 0.4) is 0 Å². The quantitative estimate of drug-likeness (QED) is 0.788. The second-order valence-electron chi connectivity index (χ2n) is 8.07. The van der Waals surface area contributed by atoms with Gasteiger partial charge in [-0.15, -0.1) is 0 Å². The molecular weight excluding hydrogens is 346 g/mol. The van der Waals surface area contributed by atoms with Gasteiger partial charge in [-0.05, 0) is 53.1 Å². The Bertz CT molecular complexity index is 512. The minimum absolute atomic E-state index is 0.136. The van der Waals surface area contributed by atoms with E-state index in [9.17, 15) is 5.11 Å². The molecule has 21 heavy (non-hydrogen) atoms. The molecule has 0 atom stereocenters. The molecule has 1 aromatic heterocycles. The number of aromatic nitrogens is 1. The maximum Gasteiger partial charge on any atom is 0.193 e. The van der Waals surface area contributed by atoms with Crippen LogP contribution in [0.1, 0.15) is 46.2 Å². The van der Waals surface area contributed by atoms with Crippen molar-refractivity contribution in [3.05, 3.63) is 28.5 Å². The van der Waals surface area contributed by atoms with Gasteiger partial charge in [0.15, 0.2) is 8.32 Å². The Labute approximate surface area is 137 Å². The minimum Gasteiger partial charge on any atom is -0.406 e. The summed E-state index contributed by atoms with van der Waals surface area (Å²) >= 11 is 3.42. The first-order valence-corrected chi connectivity index (χ1v) is 11.1. The number of hydrogen-bond donors (Lipinski definition) is 1. The van der Waals surface area contributed by atoms with Crippen LogP contribution in [0.25, 0.3) is 0 Å². The Kier molecular flexibility index (Phi) is 4.20. The van der Waals surface area contributed by atoms with Crippen LogP contribution in [-0.2, 0) is 10.0 Å². The maximum absolute atomic E-state index is 10.3. The molecule has 0 aromatic carbocycles. The van der Waals surface area contributed by atoms with Crippen LogP contribution in [0, 0.1) is 0 Å². The Balaban J connectivity index is 2.34. The summed E-state index contributed by atoms with van der Waals surface area (Å²) in [6.07, 6.45) is 3.03. The molecule has 1 N–H and O–H groups in total. The van der Waals surface area contributed by atoms with Crippen molar-refractivity contribution < 1.29 is 9.53 Å². The maximum atomic E-state index is 10.3. The van der Waals surface area contributed by atoms with Gasteiger partial charge in [0.1, 0.15) is 5.60 Å². The van der Waals surface area contributed by atoms with Crippen LogP contribution in [-0.4, -0.2) is 24.0 Å². The van der Waals surface area contributed by atoms with Crippen molar-refractivity contribution in [2.45, 2.75) is 69.9 Å². The molecule has 0 radical (unpaired) electrons. The molecule has 1 fully saturated rings. The highest BCUT2D eigenvalue weighted by Crippen LogP contribution is 2.54. The zero-order valence-electron chi connectivity index (χ0n) is 13.8. The Morgan fingerprint density at radius 3 is 2.24 bits per heavy atom. The van der Waals surface area contributed by atoms with Gasteiger partial charge in [-0.3, -0.25) is 4.98 Å². The lowest BCUT2D eigenvalue weighted by atomic mass is 9.66. The highest BCUT2D eigenvalue weighted by Gasteiger charge is 2.57. The van der Waals surface area contributed by atoms with E-state index in [1.807, 2.05) is 19.1 Å². The summed E-state index contributed by atoms with van der Waals surface area (Å²) in [6, 6.07) is 4.00. The lowest BCUT2D eigenvalue weighted by molar-refractivity contribution is -0.169. The third kappa shape index (κ3) is 3.41. The van der Waals surface area contributed by atoms with Crippen LogP contribution in [0.15, 0.2) is 22.8 Å². The highest BCUT2D eigenvalue weighted by molar-refractivity contribution is 9.10.